The number of para-hydroxylation sites is 3. The van der Waals surface area contributed by atoms with Crippen LogP contribution in [0.2, 0.25) is 0 Å². The molecule has 0 atom stereocenters. The molecule has 2 amide bonds. The molecular weight excluding hydrogens is 504 g/mol. The Morgan fingerprint density at radius 2 is 1.77 bits per heavy atom. The Labute approximate surface area is 233 Å². The van der Waals surface area contributed by atoms with E-state index in [-0.39, 0.29) is 11.8 Å². The van der Waals surface area contributed by atoms with E-state index in [0.717, 1.165) is 53.6 Å². The van der Waals surface area contributed by atoms with E-state index in [2.05, 4.69) is 15.1 Å². The molecule has 0 spiro atoms. The highest BCUT2D eigenvalue weighted by Crippen LogP contribution is 2.33. The molecule has 3 N–H and O–H groups in total. The first kappa shape index (κ1) is 25.6. The monoisotopic (exact) mass is 536 g/mol. The number of carbonyl (C=O) groups is 2. The average molecular weight is 537 g/mol. The number of ether oxygens (including phenoxy) is 1. The van der Waals surface area contributed by atoms with Gasteiger partial charge in [-0.1, -0.05) is 42.5 Å². The number of anilines is 2. The predicted molar refractivity (Wildman–Crippen MR) is 155 cm³/mol. The third-order valence-electron chi connectivity index (χ3n) is 7.64. The lowest BCUT2D eigenvalue weighted by molar-refractivity contribution is -0.125. The smallest absolute Gasteiger partial charge is 0.259 e. The van der Waals surface area contributed by atoms with Crippen molar-refractivity contribution in [1.29, 1.82) is 0 Å². The van der Waals surface area contributed by atoms with Crippen molar-refractivity contribution in [3.63, 3.8) is 0 Å². The fourth-order valence-electron chi connectivity index (χ4n) is 5.58. The summed E-state index contributed by atoms with van der Waals surface area (Å²) in [4.78, 5) is 37.5. The van der Waals surface area contributed by atoms with Crippen LogP contribution in [0.1, 0.15) is 27.9 Å². The van der Waals surface area contributed by atoms with E-state index in [1.54, 1.807) is 24.1 Å². The Morgan fingerprint density at radius 3 is 2.58 bits per heavy atom. The minimum atomic E-state index is -0.205. The summed E-state index contributed by atoms with van der Waals surface area (Å²) in [6.45, 7) is 3.98. The average Bonchev–Trinajstić information content (AvgIpc) is 3.47. The van der Waals surface area contributed by atoms with Crippen LogP contribution in [0.4, 0.5) is 11.4 Å². The van der Waals surface area contributed by atoms with Gasteiger partial charge in [-0.2, -0.15) is 0 Å². The number of hydrogen-bond donors (Lipinski definition) is 2. The predicted octanol–water partition coefficient (Wildman–Crippen LogP) is 3.70. The maximum absolute atomic E-state index is 13.8. The quantitative estimate of drug-likeness (QED) is 0.447. The molecule has 0 saturated heterocycles. The van der Waals surface area contributed by atoms with Gasteiger partial charge in [-0.25, -0.2) is 0 Å². The van der Waals surface area contributed by atoms with Crippen LogP contribution in [0.5, 0.6) is 5.75 Å². The number of carbonyl (C=O) groups excluding carboxylic acids is 2. The van der Waals surface area contributed by atoms with E-state index in [9.17, 15) is 9.59 Å². The number of fused-ring (bicyclic) bond motifs is 2. The summed E-state index contributed by atoms with van der Waals surface area (Å²) < 4.78 is 5.54. The number of benzene rings is 3. The van der Waals surface area contributed by atoms with Crippen molar-refractivity contribution in [2.24, 2.45) is 4.99 Å². The second-order valence-electron chi connectivity index (χ2n) is 10.2. The first-order valence-electron chi connectivity index (χ1n) is 13.5. The number of guanidine groups is 1. The van der Waals surface area contributed by atoms with Crippen LogP contribution in [0, 0.1) is 0 Å². The van der Waals surface area contributed by atoms with Gasteiger partial charge in [0.2, 0.25) is 5.96 Å². The molecule has 3 heterocycles. The van der Waals surface area contributed by atoms with Crippen LogP contribution in [0.25, 0.3) is 0 Å². The molecule has 3 aromatic carbocycles. The zero-order chi connectivity index (χ0) is 27.6. The van der Waals surface area contributed by atoms with Crippen molar-refractivity contribution in [3.05, 3.63) is 101 Å². The highest BCUT2D eigenvalue weighted by atomic mass is 16.5. The van der Waals surface area contributed by atoms with Crippen LogP contribution in [0.15, 0.2) is 89.1 Å². The summed E-state index contributed by atoms with van der Waals surface area (Å²) in [5.41, 5.74) is 11.6. The Hall–Kier alpha value is -4.63. The summed E-state index contributed by atoms with van der Waals surface area (Å²) >= 11 is 0. The maximum atomic E-state index is 13.8. The van der Waals surface area contributed by atoms with Gasteiger partial charge >= 0.3 is 0 Å². The molecule has 0 bridgehead atoms. The molecular formula is C31H32N6O3. The topological polar surface area (TPSA) is 104 Å². The number of amides is 2. The second kappa shape index (κ2) is 10.9. The molecule has 0 aromatic heterocycles. The number of nitrogens with two attached hydrogens (primary N) is 1. The highest BCUT2D eigenvalue weighted by molar-refractivity contribution is 6.10. The van der Waals surface area contributed by atoms with E-state index < -0.39 is 0 Å². The molecule has 9 nitrogen and oxygen atoms in total. The molecule has 0 radical (unpaired) electrons. The van der Waals surface area contributed by atoms with Crippen LogP contribution < -0.4 is 15.8 Å². The molecule has 3 aliphatic rings. The van der Waals surface area contributed by atoms with E-state index in [4.69, 9.17) is 15.5 Å². The molecule has 0 saturated carbocycles. The number of aliphatic imine (C=N–C) groups is 1. The third kappa shape index (κ3) is 4.91. The molecule has 204 valence electrons. The van der Waals surface area contributed by atoms with Crippen molar-refractivity contribution in [2.75, 3.05) is 44.3 Å². The summed E-state index contributed by atoms with van der Waals surface area (Å²) in [5.74, 6) is 1.31. The zero-order valence-electron chi connectivity index (χ0n) is 22.5. The van der Waals surface area contributed by atoms with Crippen molar-refractivity contribution in [1.82, 2.24) is 14.7 Å². The van der Waals surface area contributed by atoms with E-state index in [1.165, 1.54) is 0 Å². The molecule has 40 heavy (non-hydrogen) atoms. The normalized spacial score (nSPS) is 16.9. The van der Waals surface area contributed by atoms with Crippen LogP contribution in [-0.2, 0) is 17.9 Å². The molecule has 0 fully saturated rings. The Bertz CT molecular complexity index is 1510. The fraction of sp³-hybridized carbons (Fsp3) is 0.258. The lowest BCUT2D eigenvalue weighted by atomic mass is 9.99. The van der Waals surface area contributed by atoms with Crippen molar-refractivity contribution in [2.45, 2.75) is 19.5 Å². The minimum absolute atomic E-state index is 0.00899. The fourth-order valence-corrected chi connectivity index (χ4v) is 5.58. The lowest BCUT2D eigenvalue weighted by Gasteiger charge is -2.42. The van der Waals surface area contributed by atoms with Gasteiger partial charge in [0.15, 0.2) is 0 Å². The van der Waals surface area contributed by atoms with Gasteiger partial charge in [-0.05, 0) is 35.9 Å². The highest BCUT2D eigenvalue weighted by Gasteiger charge is 2.41. The summed E-state index contributed by atoms with van der Waals surface area (Å²) in [6, 6.07) is 22.6. The van der Waals surface area contributed by atoms with Crippen LogP contribution in [0.3, 0.4) is 0 Å². The SMILES string of the molecule is COc1ccccc1CN1C(=O)C2=C(CCN(Cc3ccc(C(=O)Nc4ccccc4N)cc3)C2)N2CCN=C12. The molecule has 0 aliphatic carbocycles. The Balaban J connectivity index is 1.15. The van der Waals surface area contributed by atoms with Gasteiger partial charge in [0.1, 0.15) is 5.75 Å². The number of rotatable bonds is 7. The number of nitrogens with one attached hydrogen (secondary N) is 1. The minimum Gasteiger partial charge on any atom is -0.496 e. The summed E-state index contributed by atoms with van der Waals surface area (Å²) in [7, 11) is 1.65. The molecule has 0 unspecified atom stereocenters. The van der Waals surface area contributed by atoms with E-state index in [1.807, 2.05) is 60.7 Å². The third-order valence-corrected chi connectivity index (χ3v) is 7.64. The van der Waals surface area contributed by atoms with Gasteiger partial charge in [0.05, 0.1) is 37.1 Å². The van der Waals surface area contributed by atoms with Gasteiger partial charge in [-0.15, -0.1) is 0 Å². The van der Waals surface area contributed by atoms with Gasteiger partial charge in [0.25, 0.3) is 11.8 Å². The molecule has 9 heteroatoms. The number of hydrogen-bond acceptors (Lipinski definition) is 7. The first-order chi connectivity index (χ1) is 19.5. The Kier molecular flexibility index (Phi) is 6.96. The second-order valence-corrected chi connectivity index (χ2v) is 10.2. The van der Waals surface area contributed by atoms with Crippen molar-refractivity contribution >= 4 is 29.1 Å². The maximum Gasteiger partial charge on any atom is 0.259 e. The van der Waals surface area contributed by atoms with E-state index >= 15 is 0 Å². The zero-order valence-corrected chi connectivity index (χ0v) is 22.5. The number of nitrogens with zero attached hydrogens (tertiary/aromatic N) is 4. The number of methoxy groups -OCH3 is 1. The van der Waals surface area contributed by atoms with Gasteiger partial charge < -0.3 is 20.7 Å². The van der Waals surface area contributed by atoms with Crippen molar-refractivity contribution in [3.8, 4) is 5.75 Å². The van der Waals surface area contributed by atoms with Crippen molar-refractivity contribution < 1.29 is 14.3 Å². The first-order valence-corrected chi connectivity index (χ1v) is 13.5. The molecule has 6 rings (SSSR count). The van der Waals surface area contributed by atoms with Gasteiger partial charge in [-0.3, -0.25) is 24.4 Å². The van der Waals surface area contributed by atoms with Gasteiger partial charge in [0, 0.05) is 49.4 Å². The van der Waals surface area contributed by atoms with E-state index in [0.29, 0.717) is 43.1 Å². The van der Waals surface area contributed by atoms with Crippen LogP contribution in [-0.4, -0.2) is 65.8 Å². The number of nitrogen functional groups attached to an aromatic ring is 1. The lowest BCUT2D eigenvalue weighted by Crippen LogP contribution is -2.53. The summed E-state index contributed by atoms with van der Waals surface area (Å²) in [6.07, 6.45) is 0.793. The molecule has 3 aromatic rings. The van der Waals surface area contributed by atoms with Crippen LogP contribution >= 0.6 is 0 Å². The molecule has 3 aliphatic heterocycles. The Morgan fingerprint density at radius 1 is 1.00 bits per heavy atom. The largest absolute Gasteiger partial charge is 0.496 e. The summed E-state index contributed by atoms with van der Waals surface area (Å²) in [5, 5.41) is 2.87. The standard InChI is InChI=1S/C31H32N6O3/c1-40-28-9-5-2-6-23(28)19-37-30(39)24-20-35(16-14-27(24)36-17-15-33-31(36)37)18-21-10-12-22(13-11-21)29(38)34-26-8-4-3-7-25(26)32/h2-13H,14-20,32H2,1H3,(H,34,38).